The topological polar surface area (TPSA) is 67.2 Å². The summed E-state index contributed by atoms with van der Waals surface area (Å²) in [6.07, 6.45) is 2.11. The number of nitrogens with one attached hydrogen (secondary N) is 2. The second kappa shape index (κ2) is 6.97. The lowest BCUT2D eigenvalue weighted by atomic mass is 10.00. The number of hydrogen-bond acceptors (Lipinski definition) is 4. The molecule has 5 nitrogen and oxygen atoms in total. The molecule has 0 aromatic heterocycles. The third-order valence-electron chi connectivity index (χ3n) is 3.34. The average Bonchev–Trinajstić information content (AvgIpc) is 2.37. The molecule has 0 fully saturated rings. The molecule has 106 valence electrons. The Kier molecular flexibility index (Phi) is 5.60. The van der Waals surface area contributed by atoms with Crippen molar-refractivity contribution in [3.63, 3.8) is 0 Å². The molecule has 1 rings (SSSR count). The van der Waals surface area contributed by atoms with Gasteiger partial charge in [-0.2, -0.15) is 0 Å². The van der Waals surface area contributed by atoms with Crippen LogP contribution >= 0.6 is 0 Å². The van der Waals surface area contributed by atoms with Crippen LogP contribution in [0.15, 0.2) is 18.2 Å². The van der Waals surface area contributed by atoms with Gasteiger partial charge in [0, 0.05) is 13.1 Å². The van der Waals surface area contributed by atoms with Gasteiger partial charge < -0.3 is 10.6 Å². The Morgan fingerprint density at radius 1 is 1.32 bits per heavy atom. The molecule has 2 atom stereocenters. The van der Waals surface area contributed by atoms with Crippen LogP contribution in [0.1, 0.15) is 33.6 Å². The summed E-state index contributed by atoms with van der Waals surface area (Å²) < 4.78 is 0. The normalized spacial score (nSPS) is 13.7. The molecule has 0 aliphatic heterocycles. The molecule has 1 aromatic carbocycles. The largest absolute Gasteiger partial charge is 0.382 e. The Morgan fingerprint density at radius 3 is 2.47 bits per heavy atom. The zero-order chi connectivity index (χ0) is 14.4. The fourth-order valence-corrected chi connectivity index (χ4v) is 2.15. The second-order valence-electron chi connectivity index (χ2n) is 5.00. The number of para-hydroxylation sites is 1. The number of hydrogen-bond donors (Lipinski definition) is 2. The van der Waals surface area contributed by atoms with Crippen molar-refractivity contribution in [2.45, 2.75) is 39.7 Å². The lowest BCUT2D eigenvalue weighted by Gasteiger charge is -2.19. The van der Waals surface area contributed by atoms with Crippen LogP contribution in [0.5, 0.6) is 0 Å². The van der Waals surface area contributed by atoms with Crippen LogP contribution in [-0.2, 0) is 0 Å². The van der Waals surface area contributed by atoms with Gasteiger partial charge in [-0.3, -0.25) is 10.1 Å². The quantitative estimate of drug-likeness (QED) is 0.580. The highest BCUT2D eigenvalue weighted by Crippen LogP contribution is 2.33. The van der Waals surface area contributed by atoms with Gasteiger partial charge in [0.15, 0.2) is 0 Å². The van der Waals surface area contributed by atoms with Crippen molar-refractivity contribution in [1.82, 2.24) is 0 Å². The van der Waals surface area contributed by atoms with Gasteiger partial charge in [0.1, 0.15) is 11.4 Å². The van der Waals surface area contributed by atoms with Crippen molar-refractivity contribution >= 4 is 17.1 Å². The molecule has 1 aromatic rings. The summed E-state index contributed by atoms with van der Waals surface area (Å²) in [5, 5.41) is 17.3. The minimum atomic E-state index is -0.343. The van der Waals surface area contributed by atoms with E-state index in [-0.39, 0.29) is 16.7 Å². The first-order valence-corrected chi connectivity index (χ1v) is 6.71. The molecule has 2 unspecified atom stereocenters. The Morgan fingerprint density at radius 2 is 1.95 bits per heavy atom. The number of rotatable bonds is 7. The summed E-state index contributed by atoms with van der Waals surface area (Å²) in [4.78, 5) is 10.8. The van der Waals surface area contributed by atoms with E-state index in [0.717, 1.165) is 12.8 Å². The number of nitrogens with zero attached hydrogens (tertiary/aromatic N) is 1. The van der Waals surface area contributed by atoms with Crippen LogP contribution in [-0.4, -0.2) is 18.0 Å². The molecule has 19 heavy (non-hydrogen) atoms. The number of nitro groups is 1. The predicted octanol–water partition coefficient (Wildman–Crippen LogP) is 3.87. The molecule has 0 radical (unpaired) electrons. The minimum absolute atomic E-state index is 0.112. The first-order chi connectivity index (χ1) is 8.99. The predicted molar refractivity (Wildman–Crippen MR) is 79.8 cm³/mol. The monoisotopic (exact) mass is 265 g/mol. The zero-order valence-electron chi connectivity index (χ0n) is 12.1. The van der Waals surface area contributed by atoms with E-state index in [0.29, 0.717) is 17.3 Å². The highest BCUT2D eigenvalue weighted by molar-refractivity contribution is 5.76. The van der Waals surface area contributed by atoms with Crippen molar-refractivity contribution in [2.75, 3.05) is 17.7 Å². The lowest BCUT2D eigenvalue weighted by molar-refractivity contribution is -0.383. The molecule has 0 aliphatic carbocycles. The summed E-state index contributed by atoms with van der Waals surface area (Å²) >= 11 is 0. The van der Waals surface area contributed by atoms with Gasteiger partial charge in [-0.15, -0.1) is 0 Å². The Balaban J connectivity index is 2.91. The van der Waals surface area contributed by atoms with E-state index in [1.807, 2.05) is 6.07 Å². The molecule has 0 saturated heterocycles. The van der Waals surface area contributed by atoms with Crippen LogP contribution in [0, 0.1) is 16.0 Å². The van der Waals surface area contributed by atoms with Crippen molar-refractivity contribution in [2.24, 2.45) is 5.92 Å². The van der Waals surface area contributed by atoms with Crippen molar-refractivity contribution < 1.29 is 4.92 Å². The summed E-state index contributed by atoms with van der Waals surface area (Å²) in [5.41, 5.74) is 1.22. The minimum Gasteiger partial charge on any atom is -0.382 e. The van der Waals surface area contributed by atoms with Crippen LogP contribution in [0.4, 0.5) is 17.1 Å². The third kappa shape index (κ3) is 4.12. The number of nitro benzene ring substituents is 1. The molecule has 0 saturated carbocycles. The van der Waals surface area contributed by atoms with Crippen LogP contribution < -0.4 is 10.6 Å². The van der Waals surface area contributed by atoms with E-state index in [1.165, 1.54) is 0 Å². The molecular formula is C14H23N3O2. The fourth-order valence-electron chi connectivity index (χ4n) is 2.15. The van der Waals surface area contributed by atoms with Gasteiger partial charge in [0.25, 0.3) is 0 Å². The van der Waals surface area contributed by atoms with Gasteiger partial charge in [-0.05, 0) is 31.4 Å². The Hall–Kier alpha value is -1.78. The van der Waals surface area contributed by atoms with Crippen molar-refractivity contribution in [1.29, 1.82) is 0 Å². The molecular weight excluding hydrogens is 242 g/mol. The second-order valence-corrected chi connectivity index (χ2v) is 5.00. The van der Waals surface area contributed by atoms with Gasteiger partial charge in [-0.25, -0.2) is 0 Å². The number of benzene rings is 1. The highest BCUT2D eigenvalue weighted by Gasteiger charge is 2.20. The highest BCUT2D eigenvalue weighted by atomic mass is 16.6. The van der Waals surface area contributed by atoms with E-state index in [9.17, 15) is 10.1 Å². The third-order valence-corrected chi connectivity index (χ3v) is 3.34. The molecule has 0 spiro atoms. The van der Waals surface area contributed by atoms with E-state index in [2.05, 4.69) is 31.4 Å². The van der Waals surface area contributed by atoms with Gasteiger partial charge in [0.05, 0.1) is 4.92 Å². The van der Waals surface area contributed by atoms with Crippen LogP contribution in [0.2, 0.25) is 0 Å². The first kappa shape index (κ1) is 15.3. The van der Waals surface area contributed by atoms with Crippen LogP contribution in [0.3, 0.4) is 0 Å². The molecule has 0 heterocycles. The fraction of sp³-hybridized carbons (Fsp3) is 0.571. The lowest BCUT2D eigenvalue weighted by Crippen LogP contribution is -2.19. The Labute approximate surface area is 114 Å². The number of anilines is 2. The molecule has 0 aliphatic rings. The zero-order valence-corrected chi connectivity index (χ0v) is 12.1. The Bertz CT molecular complexity index is 435. The van der Waals surface area contributed by atoms with Crippen molar-refractivity contribution in [3.8, 4) is 0 Å². The molecule has 2 N–H and O–H groups in total. The standard InChI is InChI=1S/C14H23N3O2/c1-5-10(2)9-11(3)16-13-8-6-7-12(15-4)14(13)17(18)19/h6-8,10-11,15-16H,5,9H2,1-4H3. The summed E-state index contributed by atoms with van der Waals surface area (Å²) in [5.74, 6) is 0.606. The van der Waals surface area contributed by atoms with Gasteiger partial charge in [0.2, 0.25) is 0 Å². The SMILES string of the molecule is CCC(C)CC(C)Nc1cccc(NC)c1[N+](=O)[O-]. The van der Waals surface area contributed by atoms with E-state index in [1.54, 1.807) is 19.2 Å². The van der Waals surface area contributed by atoms with Gasteiger partial charge >= 0.3 is 5.69 Å². The smallest absolute Gasteiger partial charge is 0.315 e. The van der Waals surface area contributed by atoms with Crippen LogP contribution in [0.25, 0.3) is 0 Å². The summed E-state index contributed by atoms with van der Waals surface area (Å²) in [7, 11) is 1.69. The van der Waals surface area contributed by atoms with E-state index in [4.69, 9.17) is 0 Å². The molecule has 5 heteroatoms. The van der Waals surface area contributed by atoms with Crippen molar-refractivity contribution in [3.05, 3.63) is 28.3 Å². The van der Waals surface area contributed by atoms with E-state index >= 15 is 0 Å². The average molecular weight is 265 g/mol. The summed E-state index contributed by atoms with van der Waals surface area (Å²) in [6, 6.07) is 5.49. The maximum atomic E-state index is 11.2. The van der Waals surface area contributed by atoms with E-state index < -0.39 is 0 Å². The summed E-state index contributed by atoms with van der Waals surface area (Å²) in [6.45, 7) is 6.40. The van der Waals surface area contributed by atoms with Gasteiger partial charge in [-0.1, -0.05) is 26.3 Å². The molecule has 0 amide bonds. The maximum Gasteiger partial charge on any atom is 0.315 e. The maximum absolute atomic E-state index is 11.2. The molecule has 0 bridgehead atoms. The first-order valence-electron chi connectivity index (χ1n) is 6.71.